The molecule has 0 amide bonds. The number of benzene rings is 4. The minimum Gasteiger partial charge on any atom is -0.493 e. The zero-order chi connectivity index (χ0) is 24.2. The fourth-order valence-electron chi connectivity index (χ4n) is 4.70. The second-order valence-corrected chi connectivity index (χ2v) is 8.40. The minimum absolute atomic E-state index is 0.256. The van der Waals surface area contributed by atoms with Gasteiger partial charge in [0.25, 0.3) is 0 Å². The Morgan fingerprint density at radius 2 is 1.29 bits per heavy atom. The van der Waals surface area contributed by atoms with Crippen molar-refractivity contribution in [1.82, 2.24) is 0 Å². The van der Waals surface area contributed by atoms with Gasteiger partial charge in [-0.2, -0.15) is 0 Å². The highest BCUT2D eigenvalue weighted by molar-refractivity contribution is 6.13. The summed E-state index contributed by atoms with van der Waals surface area (Å²) < 4.78 is 11.0. The largest absolute Gasteiger partial charge is 0.493 e. The van der Waals surface area contributed by atoms with Gasteiger partial charge in [-0.05, 0) is 34.4 Å². The molecule has 4 aromatic carbocycles. The summed E-state index contributed by atoms with van der Waals surface area (Å²) in [7, 11) is 3.23. The maximum atomic E-state index is 11.5. The Labute approximate surface area is 205 Å². The molecule has 0 aliphatic heterocycles. The molecule has 1 aliphatic rings. The van der Waals surface area contributed by atoms with E-state index in [2.05, 4.69) is 36.4 Å². The van der Waals surface area contributed by atoms with Crippen molar-refractivity contribution in [2.75, 3.05) is 14.2 Å². The summed E-state index contributed by atoms with van der Waals surface area (Å²) in [6.07, 6.45) is 3.05. The average molecular weight is 462 g/mol. The number of ether oxygens (including phenoxy) is 2. The molecule has 1 N–H and O–H groups in total. The van der Waals surface area contributed by atoms with Crippen LogP contribution in [0.25, 0.3) is 11.1 Å². The Morgan fingerprint density at radius 3 is 1.91 bits per heavy atom. The molecule has 0 radical (unpaired) electrons. The third-order valence-electron chi connectivity index (χ3n) is 6.42. The van der Waals surface area contributed by atoms with E-state index in [0.717, 1.165) is 39.1 Å². The first-order chi connectivity index (χ1) is 17.2. The van der Waals surface area contributed by atoms with Gasteiger partial charge in [0, 0.05) is 23.2 Å². The van der Waals surface area contributed by atoms with Crippen molar-refractivity contribution in [2.45, 2.75) is 12.0 Å². The van der Waals surface area contributed by atoms with E-state index in [9.17, 15) is 5.11 Å². The van der Waals surface area contributed by atoms with Crippen LogP contribution in [0, 0.1) is 0 Å². The van der Waals surface area contributed by atoms with Crippen molar-refractivity contribution in [3.8, 4) is 22.6 Å². The summed E-state index contributed by atoms with van der Waals surface area (Å²) in [6.45, 7) is 0. The molecule has 4 heteroatoms. The number of methoxy groups -OCH3 is 2. The van der Waals surface area contributed by atoms with Crippen LogP contribution in [0.5, 0.6) is 11.5 Å². The van der Waals surface area contributed by atoms with Crippen molar-refractivity contribution >= 4 is 5.71 Å². The van der Waals surface area contributed by atoms with Crippen LogP contribution in [0.3, 0.4) is 0 Å². The van der Waals surface area contributed by atoms with E-state index in [4.69, 9.17) is 14.5 Å². The number of nitrogens with zero attached hydrogens (tertiary/aromatic N) is 1. The van der Waals surface area contributed by atoms with Crippen LogP contribution in [0.1, 0.15) is 34.3 Å². The number of rotatable bonds is 6. The average Bonchev–Trinajstić information content (AvgIpc) is 2.93. The highest BCUT2D eigenvalue weighted by Gasteiger charge is 2.32. The fourth-order valence-corrected chi connectivity index (χ4v) is 4.70. The summed E-state index contributed by atoms with van der Waals surface area (Å²) in [6, 6.07) is 32.2. The Morgan fingerprint density at radius 1 is 0.714 bits per heavy atom. The summed E-state index contributed by atoms with van der Waals surface area (Å²) in [5.41, 5.74) is 6.84. The van der Waals surface area contributed by atoms with Gasteiger partial charge in [0.15, 0.2) is 11.5 Å². The van der Waals surface area contributed by atoms with E-state index in [-0.39, 0.29) is 5.92 Å². The molecule has 0 unspecified atom stereocenters. The van der Waals surface area contributed by atoms with Gasteiger partial charge in [-0.25, -0.2) is 0 Å². The topological polar surface area (TPSA) is 51.0 Å². The van der Waals surface area contributed by atoms with Gasteiger partial charge in [0.05, 0.1) is 26.0 Å². The Bertz CT molecular complexity index is 1340. The van der Waals surface area contributed by atoms with E-state index >= 15 is 0 Å². The number of aliphatic hydroxyl groups excluding tert-OH is 1. The standard InChI is InChI=1S/C31H27NO3/c1-34-28-19-26-24-16-10-9-15-23(24)25(31(33)27(26)20-29(28)35-2)17-18-32-30(21-11-5-3-6-12-21)22-13-7-4-8-14-22/h3-20,25,31,33H,1-2H3/b18-17+/t25-,31+/m0/s1. The lowest BCUT2D eigenvalue weighted by Crippen LogP contribution is -2.16. The Hall–Kier alpha value is -4.15. The second kappa shape index (κ2) is 10.00. The molecule has 0 spiro atoms. The zero-order valence-electron chi connectivity index (χ0n) is 19.8. The van der Waals surface area contributed by atoms with Crippen LogP contribution >= 0.6 is 0 Å². The van der Waals surface area contributed by atoms with Gasteiger partial charge in [0.1, 0.15) is 0 Å². The van der Waals surface area contributed by atoms with E-state index < -0.39 is 6.10 Å². The molecule has 4 nitrogen and oxygen atoms in total. The normalized spacial score (nSPS) is 16.3. The van der Waals surface area contributed by atoms with Gasteiger partial charge < -0.3 is 14.6 Å². The molecular weight excluding hydrogens is 434 g/mol. The van der Waals surface area contributed by atoms with Crippen molar-refractivity contribution < 1.29 is 14.6 Å². The maximum absolute atomic E-state index is 11.5. The SMILES string of the molecule is COc1cc2c(cc1OC)[C@H](O)[C@@H](/C=C/N=C(c1ccccc1)c1ccccc1)c1ccccc1-2. The van der Waals surface area contributed by atoms with E-state index in [0.29, 0.717) is 11.5 Å². The predicted octanol–water partition coefficient (Wildman–Crippen LogP) is 6.55. The van der Waals surface area contributed by atoms with Crippen LogP contribution in [-0.2, 0) is 0 Å². The van der Waals surface area contributed by atoms with Crippen molar-refractivity contribution in [2.24, 2.45) is 4.99 Å². The van der Waals surface area contributed by atoms with Gasteiger partial charge in [-0.15, -0.1) is 0 Å². The number of aliphatic imine (C=N–C) groups is 1. The van der Waals surface area contributed by atoms with Gasteiger partial charge in [0.2, 0.25) is 0 Å². The second-order valence-electron chi connectivity index (χ2n) is 8.40. The smallest absolute Gasteiger partial charge is 0.161 e. The molecule has 1 aliphatic carbocycles. The van der Waals surface area contributed by atoms with Crippen molar-refractivity contribution in [1.29, 1.82) is 0 Å². The molecule has 0 fully saturated rings. The lowest BCUT2D eigenvalue weighted by Gasteiger charge is -2.31. The molecule has 4 aromatic rings. The number of hydrogen-bond acceptors (Lipinski definition) is 4. The zero-order valence-corrected chi connectivity index (χ0v) is 19.8. The number of fused-ring (bicyclic) bond motifs is 3. The molecule has 2 atom stereocenters. The third kappa shape index (κ3) is 4.36. The van der Waals surface area contributed by atoms with Crippen LogP contribution in [0.4, 0.5) is 0 Å². The molecule has 35 heavy (non-hydrogen) atoms. The first-order valence-electron chi connectivity index (χ1n) is 11.6. The van der Waals surface area contributed by atoms with Crippen LogP contribution in [0.2, 0.25) is 0 Å². The minimum atomic E-state index is -0.747. The number of hydrogen-bond donors (Lipinski definition) is 1. The summed E-state index contributed by atoms with van der Waals surface area (Å²) in [5.74, 6) is 0.983. The Balaban J connectivity index is 1.57. The maximum Gasteiger partial charge on any atom is 0.161 e. The molecule has 0 heterocycles. The predicted molar refractivity (Wildman–Crippen MR) is 140 cm³/mol. The van der Waals surface area contributed by atoms with Crippen molar-refractivity contribution in [3.63, 3.8) is 0 Å². The summed E-state index contributed by atoms with van der Waals surface area (Å²) >= 11 is 0. The number of aliphatic hydroxyl groups is 1. The third-order valence-corrected chi connectivity index (χ3v) is 6.42. The molecule has 5 rings (SSSR count). The Kier molecular flexibility index (Phi) is 6.47. The lowest BCUT2D eigenvalue weighted by molar-refractivity contribution is 0.160. The van der Waals surface area contributed by atoms with Crippen LogP contribution in [0.15, 0.2) is 114 Å². The highest BCUT2D eigenvalue weighted by atomic mass is 16.5. The summed E-state index contributed by atoms with van der Waals surface area (Å²) in [5, 5.41) is 11.5. The van der Waals surface area contributed by atoms with Crippen molar-refractivity contribution in [3.05, 3.63) is 132 Å². The van der Waals surface area contributed by atoms with Crippen LogP contribution < -0.4 is 9.47 Å². The quantitative estimate of drug-likeness (QED) is 0.331. The molecule has 0 bridgehead atoms. The molecule has 0 saturated carbocycles. The lowest BCUT2D eigenvalue weighted by atomic mass is 9.76. The van der Waals surface area contributed by atoms with Crippen LogP contribution in [-0.4, -0.2) is 25.0 Å². The fraction of sp³-hybridized carbons (Fsp3) is 0.129. The summed E-state index contributed by atoms with van der Waals surface area (Å²) in [4.78, 5) is 4.86. The first kappa shape index (κ1) is 22.6. The van der Waals surface area contributed by atoms with E-state index in [1.54, 1.807) is 14.2 Å². The van der Waals surface area contributed by atoms with E-state index in [1.165, 1.54) is 0 Å². The van der Waals surface area contributed by atoms with Gasteiger partial charge >= 0.3 is 0 Å². The monoisotopic (exact) mass is 461 g/mol. The molecule has 174 valence electrons. The van der Waals surface area contributed by atoms with Gasteiger partial charge in [-0.3, -0.25) is 4.99 Å². The molecular formula is C31H27NO3. The van der Waals surface area contributed by atoms with Gasteiger partial charge in [-0.1, -0.05) is 91.0 Å². The van der Waals surface area contributed by atoms with E-state index in [1.807, 2.05) is 72.9 Å². The molecule has 0 aromatic heterocycles. The highest BCUT2D eigenvalue weighted by Crippen LogP contribution is 2.49. The first-order valence-corrected chi connectivity index (χ1v) is 11.6. The molecule has 0 saturated heterocycles.